The highest BCUT2D eigenvalue weighted by Gasteiger charge is 2.18. The number of hydrogen-bond donors (Lipinski definition) is 1. The molecule has 2 amide bonds. The highest BCUT2D eigenvalue weighted by Crippen LogP contribution is 2.14. The number of hydrazone groups is 1. The summed E-state index contributed by atoms with van der Waals surface area (Å²) in [5.74, 6) is 0.442. The molecule has 7 heteroatoms. The van der Waals surface area contributed by atoms with E-state index in [0.717, 1.165) is 31.5 Å². The topological polar surface area (TPSA) is 71.0 Å². The van der Waals surface area contributed by atoms with Crippen molar-refractivity contribution < 1.29 is 14.3 Å². The summed E-state index contributed by atoms with van der Waals surface area (Å²) < 4.78 is 5.56. The number of nitrogens with one attached hydrogen (secondary N) is 1. The zero-order valence-corrected chi connectivity index (χ0v) is 15.4. The minimum absolute atomic E-state index is 0.0283. The number of carbonyl (C=O) groups excluding carboxylic acids is 2. The van der Waals surface area contributed by atoms with Crippen molar-refractivity contribution in [1.29, 1.82) is 0 Å². The summed E-state index contributed by atoms with van der Waals surface area (Å²) in [6.07, 6.45) is 2.14. The van der Waals surface area contributed by atoms with Crippen molar-refractivity contribution in [2.45, 2.75) is 19.8 Å². The third-order valence-corrected chi connectivity index (χ3v) is 5.03. The maximum Gasteiger partial charge on any atom is 0.281 e. The van der Waals surface area contributed by atoms with Gasteiger partial charge in [0.05, 0.1) is 10.6 Å². The van der Waals surface area contributed by atoms with E-state index in [1.807, 2.05) is 35.4 Å². The predicted molar refractivity (Wildman–Crippen MR) is 102 cm³/mol. The second-order valence-corrected chi connectivity index (χ2v) is 6.96. The van der Waals surface area contributed by atoms with Crippen LogP contribution in [-0.4, -0.2) is 42.1 Å². The second-order valence-electron chi connectivity index (χ2n) is 6.02. The smallest absolute Gasteiger partial charge is 0.281 e. The lowest BCUT2D eigenvalue weighted by molar-refractivity contribution is -0.132. The van der Waals surface area contributed by atoms with Crippen LogP contribution in [0.3, 0.4) is 0 Å². The number of ether oxygens (including phenoxy) is 1. The Bertz CT molecular complexity index is 779. The Balaban J connectivity index is 1.52. The molecule has 0 spiro atoms. The number of carbonyl (C=O) groups is 2. The predicted octanol–water partition coefficient (Wildman–Crippen LogP) is 2.90. The Hall–Kier alpha value is -2.67. The molecular formula is C19H21N3O3S. The van der Waals surface area contributed by atoms with Crippen molar-refractivity contribution in [3.05, 3.63) is 52.2 Å². The second kappa shape index (κ2) is 8.62. The van der Waals surface area contributed by atoms with Gasteiger partial charge in [-0.15, -0.1) is 11.3 Å². The summed E-state index contributed by atoms with van der Waals surface area (Å²) in [5, 5.41) is 5.97. The van der Waals surface area contributed by atoms with Crippen LogP contribution in [0, 0.1) is 0 Å². The molecule has 3 rings (SSSR count). The fraction of sp³-hybridized carbons (Fsp3) is 0.316. The number of benzene rings is 1. The molecule has 0 bridgehead atoms. The number of nitrogens with zero attached hydrogens (tertiary/aromatic N) is 2. The van der Waals surface area contributed by atoms with E-state index >= 15 is 0 Å². The first-order chi connectivity index (χ1) is 12.6. The van der Waals surface area contributed by atoms with E-state index in [2.05, 4.69) is 10.5 Å². The number of likely N-dealkylation sites (tertiary alicyclic amines) is 1. The monoisotopic (exact) mass is 371 g/mol. The van der Waals surface area contributed by atoms with Crippen LogP contribution >= 0.6 is 11.3 Å². The zero-order valence-electron chi connectivity index (χ0n) is 14.6. The van der Waals surface area contributed by atoms with Crippen LogP contribution in [0.25, 0.3) is 0 Å². The van der Waals surface area contributed by atoms with Crippen molar-refractivity contribution in [3.63, 3.8) is 0 Å². The number of thiophene rings is 1. The van der Waals surface area contributed by atoms with Gasteiger partial charge in [0.15, 0.2) is 6.61 Å². The van der Waals surface area contributed by atoms with Gasteiger partial charge in [-0.25, -0.2) is 5.43 Å². The Morgan fingerprint density at radius 3 is 2.58 bits per heavy atom. The van der Waals surface area contributed by atoms with Crippen molar-refractivity contribution in [3.8, 4) is 5.75 Å². The van der Waals surface area contributed by atoms with Gasteiger partial charge < -0.3 is 9.64 Å². The molecular weight excluding hydrogens is 350 g/mol. The average molecular weight is 371 g/mol. The Labute approximate surface area is 156 Å². The molecule has 1 aromatic heterocycles. The third-order valence-electron chi connectivity index (χ3n) is 4.16. The molecule has 1 saturated heterocycles. The van der Waals surface area contributed by atoms with Gasteiger partial charge in [-0.3, -0.25) is 9.59 Å². The standard InChI is InChI=1S/C19H21N3O3S/c1-14(20-21-19(24)17-5-4-12-26-17)15-6-8-16(9-7-15)25-13-18(23)22-10-2-3-11-22/h4-9,12H,2-3,10-11,13H2,1H3,(H,21,24)/b20-14-. The summed E-state index contributed by atoms with van der Waals surface area (Å²) in [6.45, 7) is 3.53. The molecule has 0 radical (unpaired) electrons. The summed E-state index contributed by atoms with van der Waals surface area (Å²) >= 11 is 1.37. The summed E-state index contributed by atoms with van der Waals surface area (Å²) in [4.78, 5) is 26.3. The van der Waals surface area contributed by atoms with Crippen molar-refractivity contribution in [1.82, 2.24) is 10.3 Å². The van der Waals surface area contributed by atoms with Gasteiger partial charge in [-0.1, -0.05) is 6.07 Å². The van der Waals surface area contributed by atoms with Crippen LogP contribution in [-0.2, 0) is 4.79 Å². The van der Waals surface area contributed by atoms with E-state index in [1.165, 1.54) is 11.3 Å². The molecule has 136 valence electrons. The van der Waals surface area contributed by atoms with Gasteiger partial charge >= 0.3 is 0 Å². The fourth-order valence-corrected chi connectivity index (χ4v) is 3.27. The first-order valence-electron chi connectivity index (χ1n) is 8.52. The summed E-state index contributed by atoms with van der Waals surface area (Å²) in [6, 6.07) is 10.9. The SMILES string of the molecule is C/C(=N/NC(=O)c1cccs1)c1ccc(OCC(=O)N2CCCC2)cc1. The van der Waals surface area contributed by atoms with Crippen molar-refractivity contribution >= 4 is 28.9 Å². The number of amides is 2. The first kappa shape index (κ1) is 18.1. The number of hydrogen-bond acceptors (Lipinski definition) is 5. The fourth-order valence-electron chi connectivity index (χ4n) is 2.66. The van der Waals surface area contributed by atoms with Gasteiger partial charge in [0.2, 0.25) is 0 Å². The van der Waals surface area contributed by atoms with Crippen molar-refractivity contribution in [2.75, 3.05) is 19.7 Å². The van der Waals surface area contributed by atoms with Gasteiger partial charge in [-0.05, 0) is 61.0 Å². The van der Waals surface area contributed by atoms with Gasteiger partial charge in [0.25, 0.3) is 11.8 Å². The molecule has 0 saturated carbocycles. The number of rotatable bonds is 6. The largest absolute Gasteiger partial charge is 0.484 e. The molecule has 1 aliphatic rings. The van der Waals surface area contributed by atoms with E-state index in [-0.39, 0.29) is 18.4 Å². The lowest BCUT2D eigenvalue weighted by atomic mass is 10.1. The third kappa shape index (κ3) is 4.70. The van der Waals surface area contributed by atoms with Crippen LogP contribution < -0.4 is 10.2 Å². The summed E-state index contributed by atoms with van der Waals surface area (Å²) in [5.41, 5.74) is 4.11. The van der Waals surface area contributed by atoms with Crippen LogP contribution in [0.5, 0.6) is 5.75 Å². The molecule has 26 heavy (non-hydrogen) atoms. The quantitative estimate of drug-likeness (QED) is 0.627. The average Bonchev–Trinajstić information content (AvgIpc) is 3.38. The minimum atomic E-state index is -0.222. The summed E-state index contributed by atoms with van der Waals surface area (Å²) in [7, 11) is 0. The molecule has 1 N–H and O–H groups in total. The van der Waals surface area contributed by atoms with E-state index < -0.39 is 0 Å². The van der Waals surface area contributed by atoms with Gasteiger partial charge in [0.1, 0.15) is 5.75 Å². The van der Waals surface area contributed by atoms with E-state index in [4.69, 9.17) is 4.74 Å². The van der Waals surface area contributed by atoms with Crippen molar-refractivity contribution in [2.24, 2.45) is 5.10 Å². The molecule has 2 heterocycles. The molecule has 1 aromatic carbocycles. The molecule has 2 aromatic rings. The first-order valence-corrected chi connectivity index (χ1v) is 9.40. The molecule has 0 unspecified atom stereocenters. The molecule has 0 aliphatic carbocycles. The molecule has 1 fully saturated rings. The van der Waals surface area contributed by atoms with Gasteiger partial charge in [0, 0.05) is 13.1 Å². The maximum absolute atomic E-state index is 12.0. The van der Waals surface area contributed by atoms with Crippen LogP contribution in [0.1, 0.15) is 35.0 Å². The van der Waals surface area contributed by atoms with E-state index in [1.54, 1.807) is 18.2 Å². The highest BCUT2D eigenvalue weighted by atomic mass is 32.1. The van der Waals surface area contributed by atoms with Crippen LogP contribution in [0.15, 0.2) is 46.9 Å². The molecule has 6 nitrogen and oxygen atoms in total. The van der Waals surface area contributed by atoms with E-state index in [9.17, 15) is 9.59 Å². The molecule has 1 aliphatic heterocycles. The normalized spacial score (nSPS) is 14.3. The molecule has 0 atom stereocenters. The Kier molecular flexibility index (Phi) is 6.01. The zero-order chi connectivity index (χ0) is 18.4. The minimum Gasteiger partial charge on any atom is -0.484 e. The maximum atomic E-state index is 12.0. The van der Waals surface area contributed by atoms with E-state index in [0.29, 0.717) is 16.3 Å². The van der Waals surface area contributed by atoms with Crippen LogP contribution in [0.2, 0.25) is 0 Å². The Morgan fingerprint density at radius 2 is 1.92 bits per heavy atom. The lowest BCUT2D eigenvalue weighted by Gasteiger charge is -2.15. The Morgan fingerprint density at radius 1 is 1.19 bits per heavy atom. The van der Waals surface area contributed by atoms with Crippen LogP contribution in [0.4, 0.5) is 0 Å². The highest BCUT2D eigenvalue weighted by molar-refractivity contribution is 7.12. The van der Waals surface area contributed by atoms with Gasteiger partial charge in [-0.2, -0.15) is 5.10 Å². The lowest BCUT2D eigenvalue weighted by Crippen LogP contribution is -2.32.